The summed E-state index contributed by atoms with van der Waals surface area (Å²) in [6, 6.07) is 0. The molecule has 3 aromatic rings. The maximum absolute atomic E-state index is 12.1. The Labute approximate surface area is 371 Å². The molecule has 19 nitrogen and oxygen atoms in total. The summed E-state index contributed by atoms with van der Waals surface area (Å²) in [7, 11) is 1.54. The molecule has 0 radical (unpaired) electrons. The highest BCUT2D eigenvalue weighted by Gasteiger charge is 2.49. The molecule has 62 heavy (non-hydrogen) atoms. The van der Waals surface area contributed by atoms with Gasteiger partial charge in [-0.3, -0.25) is 9.36 Å². The van der Waals surface area contributed by atoms with E-state index in [0.29, 0.717) is 89.2 Å². The second-order valence-corrected chi connectivity index (χ2v) is 19.4. The molecule has 1 saturated heterocycles. The first-order chi connectivity index (χ1) is 30.2. The summed E-state index contributed by atoms with van der Waals surface area (Å²) in [5.74, 6) is 0.327. The summed E-state index contributed by atoms with van der Waals surface area (Å²) in [5, 5.41) is 11.4. The Bertz CT molecular complexity index is 1700. The average molecular weight is 914 g/mol. The van der Waals surface area contributed by atoms with Gasteiger partial charge in [-0.1, -0.05) is 89.2 Å². The van der Waals surface area contributed by atoms with Crippen LogP contribution in [0.15, 0.2) is 18.9 Å². The number of aromatic nitrogens is 7. The minimum absolute atomic E-state index is 0.0621. The molecule has 3 aromatic heterocycles. The molecule has 0 aromatic carbocycles. The van der Waals surface area contributed by atoms with Crippen LogP contribution in [0.3, 0.4) is 0 Å². The third kappa shape index (κ3) is 20.0. The molecule has 0 bridgehead atoms. The molecule has 5 atom stereocenters. The van der Waals surface area contributed by atoms with Gasteiger partial charge in [0.1, 0.15) is 35.8 Å². The summed E-state index contributed by atoms with van der Waals surface area (Å²) in [6.07, 6.45) is 19.2. The van der Waals surface area contributed by atoms with Crippen molar-refractivity contribution in [3.8, 4) is 0 Å². The SMILES string of the molecule is CCCCCCCCCCCCCCCC(=O)NCCOCCOCCOCCOCCn1cc(COC2C(OP(C)(O)=S)[C@@H](COC)O[C@H]2n2cnc3c(N)ncnc32)nn1. The van der Waals surface area contributed by atoms with Crippen LogP contribution in [-0.4, -0.2) is 143 Å². The standard InChI is InChI=1S/C41H72N9O10PS/c1-4-5-6-7-8-9-10-11-12-13-14-15-16-17-35(51)43-18-20-54-22-24-56-26-27-57-25-23-55-21-19-49-28-33(47-48-49)29-58-38-37(60-61(3,52)62)34(30-53-2)59-41(38)50-32-46-36-39(42)44-31-45-40(36)50/h28,31-32,34,37-38,41H,4-27,29-30H2,1-3H3,(H,43,51)(H,52,62)(H2,42,44,45)/t34-,37?,38?,41-,61?/m1/s1. The minimum Gasteiger partial charge on any atom is -0.382 e. The van der Waals surface area contributed by atoms with Crippen molar-refractivity contribution in [2.75, 3.05) is 85.5 Å². The number of hydrogen-bond donors (Lipinski definition) is 3. The number of carbonyl (C=O) groups excluding carboxylic acids is 1. The van der Waals surface area contributed by atoms with Crippen molar-refractivity contribution in [2.24, 2.45) is 0 Å². The number of nitrogens with zero attached hydrogens (tertiary/aromatic N) is 7. The van der Waals surface area contributed by atoms with E-state index in [9.17, 15) is 9.69 Å². The molecule has 3 unspecified atom stereocenters. The van der Waals surface area contributed by atoms with Crippen LogP contribution in [0, 0.1) is 0 Å². The zero-order valence-corrected chi connectivity index (χ0v) is 38.8. The van der Waals surface area contributed by atoms with Crippen LogP contribution >= 0.6 is 6.49 Å². The van der Waals surface area contributed by atoms with Crippen LogP contribution in [0.25, 0.3) is 11.2 Å². The molecule has 4 heterocycles. The van der Waals surface area contributed by atoms with E-state index in [2.05, 4.69) is 37.5 Å². The van der Waals surface area contributed by atoms with Gasteiger partial charge in [-0.05, 0) is 18.2 Å². The lowest BCUT2D eigenvalue weighted by Gasteiger charge is -2.26. The van der Waals surface area contributed by atoms with E-state index in [0.717, 1.165) is 12.8 Å². The second kappa shape index (κ2) is 30.4. The van der Waals surface area contributed by atoms with E-state index < -0.39 is 31.0 Å². The topological polar surface area (TPSA) is 224 Å². The zero-order valence-electron chi connectivity index (χ0n) is 37.1. The molecule has 352 valence electrons. The minimum atomic E-state index is -3.14. The smallest absolute Gasteiger partial charge is 0.220 e. The van der Waals surface area contributed by atoms with Crippen molar-refractivity contribution in [2.45, 2.75) is 135 Å². The van der Waals surface area contributed by atoms with Crippen molar-refractivity contribution in [1.82, 2.24) is 39.8 Å². The van der Waals surface area contributed by atoms with Crippen LogP contribution in [0.2, 0.25) is 0 Å². The summed E-state index contributed by atoms with van der Waals surface area (Å²) in [4.78, 5) is 35.3. The number of anilines is 1. The van der Waals surface area contributed by atoms with Crippen molar-refractivity contribution >= 4 is 41.2 Å². The molecule has 1 fully saturated rings. The van der Waals surface area contributed by atoms with Crippen LogP contribution in [0.1, 0.15) is 109 Å². The lowest BCUT2D eigenvalue weighted by Crippen LogP contribution is -2.37. The number of rotatable bonds is 37. The highest BCUT2D eigenvalue weighted by Crippen LogP contribution is 2.46. The Morgan fingerprint density at radius 1 is 0.871 bits per heavy atom. The molecule has 1 aliphatic rings. The third-order valence-electron chi connectivity index (χ3n) is 10.3. The fourth-order valence-electron chi connectivity index (χ4n) is 7.09. The lowest BCUT2D eigenvalue weighted by molar-refractivity contribution is -0.121. The van der Waals surface area contributed by atoms with Gasteiger partial charge in [0.25, 0.3) is 0 Å². The van der Waals surface area contributed by atoms with Crippen LogP contribution in [0.4, 0.5) is 5.82 Å². The molecule has 0 saturated carbocycles. The first-order valence-electron chi connectivity index (χ1n) is 22.3. The highest BCUT2D eigenvalue weighted by molar-refractivity contribution is 8.09. The molecule has 4 rings (SSSR count). The Hall–Kier alpha value is -2.75. The van der Waals surface area contributed by atoms with E-state index in [-0.39, 0.29) is 24.9 Å². The fraction of sp³-hybridized carbons (Fsp3) is 0.805. The Morgan fingerprint density at radius 2 is 1.48 bits per heavy atom. The van der Waals surface area contributed by atoms with Gasteiger partial charge in [0.15, 0.2) is 24.2 Å². The molecule has 21 heteroatoms. The number of unbranched alkanes of at least 4 members (excludes halogenated alkanes) is 12. The number of amides is 1. The van der Waals surface area contributed by atoms with Crippen molar-refractivity contribution < 1.29 is 47.4 Å². The number of carbonyl (C=O) groups is 1. The van der Waals surface area contributed by atoms with Crippen molar-refractivity contribution in [3.05, 3.63) is 24.5 Å². The maximum atomic E-state index is 12.1. The van der Waals surface area contributed by atoms with Gasteiger partial charge in [-0.15, -0.1) is 5.10 Å². The summed E-state index contributed by atoms with van der Waals surface area (Å²) >= 11 is 5.24. The molecule has 1 aliphatic heterocycles. The Morgan fingerprint density at radius 3 is 2.11 bits per heavy atom. The third-order valence-corrected chi connectivity index (χ3v) is 11.2. The molecule has 0 spiro atoms. The number of ether oxygens (including phenoxy) is 7. The number of nitrogen functional groups attached to an aromatic ring is 1. The van der Waals surface area contributed by atoms with Gasteiger partial charge in [0, 0.05) is 26.7 Å². The van der Waals surface area contributed by atoms with Gasteiger partial charge in [0.05, 0.1) is 85.1 Å². The first-order valence-corrected chi connectivity index (χ1v) is 25.5. The predicted molar refractivity (Wildman–Crippen MR) is 238 cm³/mol. The number of nitrogens with two attached hydrogens (primary N) is 1. The van der Waals surface area contributed by atoms with Crippen LogP contribution in [-0.2, 0) is 67.4 Å². The molecular formula is C41H72N9O10PS. The summed E-state index contributed by atoms with van der Waals surface area (Å²) in [5.41, 5.74) is 7.45. The number of imidazole rings is 1. The average Bonchev–Trinajstić information content (AvgIpc) is 3.97. The van der Waals surface area contributed by atoms with E-state index in [1.165, 1.54) is 83.6 Å². The van der Waals surface area contributed by atoms with Gasteiger partial charge >= 0.3 is 0 Å². The maximum Gasteiger partial charge on any atom is 0.220 e. The van der Waals surface area contributed by atoms with Gasteiger partial charge in [-0.2, -0.15) is 0 Å². The monoisotopic (exact) mass is 913 g/mol. The second-order valence-electron chi connectivity index (χ2n) is 15.5. The fourth-order valence-corrected chi connectivity index (χ4v) is 8.09. The van der Waals surface area contributed by atoms with Crippen molar-refractivity contribution in [1.29, 1.82) is 0 Å². The Kier molecular flexibility index (Phi) is 25.4. The van der Waals surface area contributed by atoms with Gasteiger partial charge in [0.2, 0.25) is 5.91 Å². The van der Waals surface area contributed by atoms with Crippen molar-refractivity contribution in [3.63, 3.8) is 0 Å². The summed E-state index contributed by atoms with van der Waals surface area (Å²) < 4.78 is 49.9. The number of hydrogen-bond acceptors (Lipinski definition) is 16. The largest absolute Gasteiger partial charge is 0.382 e. The molecule has 0 aliphatic carbocycles. The Balaban J connectivity index is 0.981. The molecule has 4 N–H and O–H groups in total. The predicted octanol–water partition coefficient (Wildman–Crippen LogP) is 5.11. The van der Waals surface area contributed by atoms with E-state index >= 15 is 0 Å². The summed E-state index contributed by atoms with van der Waals surface area (Å²) in [6.45, 7) is 5.33. The highest BCUT2D eigenvalue weighted by atomic mass is 32.5. The normalized spacial score (nSPS) is 18.8. The van der Waals surface area contributed by atoms with E-state index in [1.807, 2.05) is 0 Å². The van der Waals surface area contributed by atoms with E-state index in [1.54, 1.807) is 28.9 Å². The lowest BCUT2D eigenvalue weighted by atomic mass is 10.0. The molecule has 1 amide bonds. The van der Waals surface area contributed by atoms with Gasteiger partial charge in [-0.25, -0.2) is 19.6 Å². The quantitative estimate of drug-likeness (QED) is 0.0505. The van der Waals surface area contributed by atoms with Gasteiger partial charge < -0.3 is 53.6 Å². The zero-order chi connectivity index (χ0) is 44.3. The number of methoxy groups -OCH3 is 1. The van der Waals surface area contributed by atoms with Crippen LogP contribution in [0.5, 0.6) is 0 Å². The first kappa shape index (κ1) is 51.9. The number of fused-ring (bicyclic) bond motifs is 1. The van der Waals surface area contributed by atoms with Crippen LogP contribution < -0.4 is 11.1 Å². The molecular weight excluding hydrogens is 842 g/mol. The van der Waals surface area contributed by atoms with E-state index in [4.69, 9.17) is 55.2 Å². The number of nitrogens with one attached hydrogen (secondary N) is 1.